The van der Waals surface area contributed by atoms with E-state index in [9.17, 15) is 24.1 Å². The summed E-state index contributed by atoms with van der Waals surface area (Å²) in [4.78, 5) is 32.2. The number of nitro groups is 1. The first-order valence-electron chi connectivity index (χ1n) is 6.10. The first-order valence-corrected chi connectivity index (χ1v) is 6.10. The van der Waals surface area contributed by atoms with Crippen molar-refractivity contribution in [1.29, 1.82) is 0 Å². The number of hydrogen-bond donors (Lipinski definition) is 2. The molecule has 0 spiro atoms. The molecule has 0 aliphatic rings. The highest BCUT2D eigenvalue weighted by atomic mass is 19.1. The van der Waals surface area contributed by atoms with E-state index in [1.807, 2.05) is 0 Å². The van der Waals surface area contributed by atoms with E-state index >= 15 is 0 Å². The molecule has 0 bridgehead atoms. The number of nitrogens with one attached hydrogen (secondary N) is 1. The van der Waals surface area contributed by atoms with Crippen LogP contribution in [-0.4, -0.2) is 27.4 Å². The second-order valence-corrected chi connectivity index (χ2v) is 5.15. The van der Waals surface area contributed by atoms with E-state index < -0.39 is 33.8 Å². The number of benzene rings is 1. The zero-order valence-electron chi connectivity index (χ0n) is 11.6. The van der Waals surface area contributed by atoms with Gasteiger partial charge in [0.1, 0.15) is 5.82 Å². The molecule has 21 heavy (non-hydrogen) atoms. The molecule has 0 aromatic heterocycles. The maximum Gasteiger partial charge on any atom is 0.303 e. The predicted octanol–water partition coefficient (Wildman–Crippen LogP) is 2.11. The lowest BCUT2D eigenvalue weighted by Gasteiger charge is -2.25. The molecule has 0 fully saturated rings. The van der Waals surface area contributed by atoms with Gasteiger partial charge >= 0.3 is 5.97 Å². The molecule has 7 nitrogen and oxygen atoms in total. The van der Waals surface area contributed by atoms with Crippen LogP contribution in [0.15, 0.2) is 18.2 Å². The van der Waals surface area contributed by atoms with Crippen molar-refractivity contribution >= 4 is 17.6 Å². The zero-order chi connectivity index (χ0) is 16.2. The lowest BCUT2D eigenvalue weighted by atomic mass is 9.97. The topological polar surface area (TPSA) is 110 Å². The lowest BCUT2D eigenvalue weighted by molar-refractivity contribution is -0.385. The summed E-state index contributed by atoms with van der Waals surface area (Å²) in [7, 11) is 0. The van der Waals surface area contributed by atoms with E-state index in [0.29, 0.717) is 6.07 Å². The number of nitro benzene ring substituents is 1. The van der Waals surface area contributed by atoms with E-state index in [1.165, 1.54) is 0 Å². The van der Waals surface area contributed by atoms with Crippen LogP contribution < -0.4 is 5.32 Å². The van der Waals surface area contributed by atoms with Crippen LogP contribution in [0.4, 0.5) is 10.1 Å². The number of carbonyl (C=O) groups is 2. The van der Waals surface area contributed by atoms with Crippen LogP contribution in [0.2, 0.25) is 0 Å². The van der Waals surface area contributed by atoms with E-state index in [2.05, 4.69) is 5.32 Å². The highest BCUT2D eigenvalue weighted by Crippen LogP contribution is 2.18. The van der Waals surface area contributed by atoms with Crippen molar-refractivity contribution in [2.24, 2.45) is 0 Å². The molecule has 8 heteroatoms. The number of aliphatic carboxylic acids is 1. The van der Waals surface area contributed by atoms with Gasteiger partial charge in [0.2, 0.25) is 0 Å². The number of nitrogens with zero attached hydrogens (tertiary/aromatic N) is 1. The molecule has 0 unspecified atom stereocenters. The minimum absolute atomic E-state index is 0.143. The molecule has 1 aromatic rings. The van der Waals surface area contributed by atoms with Gasteiger partial charge in [-0.1, -0.05) is 0 Å². The Morgan fingerprint density at radius 3 is 2.52 bits per heavy atom. The Hall–Kier alpha value is -2.51. The Morgan fingerprint density at radius 1 is 1.43 bits per heavy atom. The lowest BCUT2D eigenvalue weighted by Crippen LogP contribution is -2.44. The monoisotopic (exact) mass is 298 g/mol. The van der Waals surface area contributed by atoms with Gasteiger partial charge < -0.3 is 10.4 Å². The second kappa shape index (κ2) is 6.29. The summed E-state index contributed by atoms with van der Waals surface area (Å²) in [5.41, 5.74) is -1.62. The maximum atomic E-state index is 13.7. The molecule has 0 saturated carbocycles. The van der Waals surface area contributed by atoms with Gasteiger partial charge in [-0.3, -0.25) is 19.7 Å². The molecule has 0 heterocycles. The van der Waals surface area contributed by atoms with E-state index in [4.69, 9.17) is 5.11 Å². The Morgan fingerprint density at radius 2 is 2.05 bits per heavy atom. The summed E-state index contributed by atoms with van der Waals surface area (Å²) >= 11 is 0. The third kappa shape index (κ3) is 4.83. The third-order valence-corrected chi connectivity index (χ3v) is 2.82. The van der Waals surface area contributed by atoms with Gasteiger partial charge in [-0.2, -0.15) is 0 Å². The van der Waals surface area contributed by atoms with Crippen molar-refractivity contribution in [2.75, 3.05) is 0 Å². The van der Waals surface area contributed by atoms with E-state index in [1.54, 1.807) is 13.8 Å². The Kier molecular flexibility index (Phi) is 4.96. The first kappa shape index (κ1) is 16.5. The van der Waals surface area contributed by atoms with Crippen LogP contribution in [0.3, 0.4) is 0 Å². The molecule has 0 atom stereocenters. The molecule has 1 aromatic carbocycles. The standard InChI is InChI=1S/C13H15FN2O5/c1-13(2,6-5-11(17)18)15-12(19)9-4-3-8(16(20)21)7-10(9)14/h3-4,7H,5-6H2,1-2H3,(H,15,19)(H,17,18). The maximum absolute atomic E-state index is 13.7. The summed E-state index contributed by atoms with van der Waals surface area (Å²) in [6.45, 7) is 3.22. The number of hydrogen-bond acceptors (Lipinski definition) is 4. The van der Waals surface area contributed by atoms with Gasteiger partial charge in [-0.25, -0.2) is 4.39 Å². The predicted molar refractivity (Wildman–Crippen MR) is 71.5 cm³/mol. The third-order valence-electron chi connectivity index (χ3n) is 2.82. The van der Waals surface area contributed by atoms with Gasteiger partial charge in [0.05, 0.1) is 16.6 Å². The summed E-state index contributed by atoms with van der Waals surface area (Å²) in [6, 6.07) is 2.72. The average Bonchev–Trinajstić information content (AvgIpc) is 2.35. The Bertz CT molecular complexity index is 586. The van der Waals surface area contributed by atoms with Gasteiger partial charge in [0, 0.05) is 18.0 Å². The molecule has 0 aliphatic carbocycles. The van der Waals surface area contributed by atoms with E-state index in [0.717, 1.165) is 12.1 Å². The number of carboxylic acid groups (broad SMARTS) is 1. The quantitative estimate of drug-likeness (QED) is 0.617. The van der Waals surface area contributed by atoms with Crippen LogP contribution in [0.5, 0.6) is 0 Å². The molecule has 2 N–H and O–H groups in total. The zero-order valence-corrected chi connectivity index (χ0v) is 11.6. The molecule has 1 rings (SSSR count). The van der Waals surface area contributed by atoms with Crippen molar-refractivity contribution in [3.05, 3.63) is 39.7 Å². The summed E-state index contributed by atoms with van der Waals surface area (Å²) in [6.07, 6.45) is 0.0265. The van der Waals surface area contributed by atoms with Gasteiger partial charge in [-0.15, -0.1) is 0 Å². The summed E-state index contributed by atoms with van der Waals surface area (Å²) in [5.74, 6) is -2.76. The number of amides is 1. The molecule has 0 radical (unpaired) electrons. The SMILES string of the molecule is CC(C)(CCC(=O)O)NC(=O)c1ccc([N+](=O)[O-])cc1F. The van der Waals surface area contributed by atoms with E-state index in [-0.39, 0.29) is 18.4 Å². The number of rotatable bonds is 6. The van der Waals surface area contributed by atoms with Crippen LogP contribution in [0, 0.1) is 15.9 Å². The molecular weight excluding hydrogens is 283 g/mol. The fraction of sp³-hybridized carbons (Fsp3) is 0.385. The van der Waals surface area contributed by atoms with Crippen molar-refractivity contribution in [1.82, 2.24) is 5.32 Å². The first-order chi connectivity index (χ1) is 9.62. The molecule has 0 saturated heterocycles. The summed E-state index contributed by atoms with van der Waals surface area (Å²) < 4.78 is 13.7. The summed E-state index contributed by atoms with van der Waals surface area (Å²) in [5, 5.41) is 21.6. The van der Waals surface area contributed by atoms with Crippen LogP contribution in [-0.2, 0) is 4.79 Å². The second-order valence-electron chi connectivity index (χ2n) is 5.15. The van der Waals surface area contributed by atoms with Gasteiger partial charge in [0.25, 0.3) is 11.6 Å². The van der Waals surface area contributed by atoms with Crippen molar-refractivity contribution < 1.29 is 24.0 Å². The number of carbonyl (C=O) groups excluding carboxylic acids is 1. The highest BCUT2D eigenvalue weighted by Gasteiger charge is 2.24. The fourth-order valence-corrected chi connectivity index (χ4v) is 1.66. The van der Waals surface area contributed by atoms with Crippen molar-refractivity contribution in [3.63, 3.8) is 0 Å². The van der Waals surface area contributed by atoms with Crippen molar-refractivity contribution in [2.45, 2.75) is 32.2 Å². The molecule has 114 valence electrons. The highest BCUT2D eigenvalue weighted by molar-refractivity contribution is 5.95. The minimum atomic E-state index is -1.00. The number of halogens is 1. The van der Waals surface area contributed by atoms with Gasteiger partial charge in [0.15, 0.2) is 0 Å². The largest absolute Gasteiger partial charge is 0.481 e. The van der Waals surface area contributed by atoms with Crippen LogP contribution in [0.25, 0.3) is 0 Å². The smallest absolute Gasteiger partial charge is 0.303 e. The normalized spacial score (nSPS) is 11.0. The number of non-ortho nitro benzene ring substituents is 1. The Balaban J connectivity index is 2.84. The minimum Gasteiger partial charge on any atom is -0.481 e. The fourth-order valence-electron chi connectivity index (χ4n) is 1.66. The van der Waals surface area contributed by atoms with Gasteiger partial charge in [-0.05, 0) is 26.3 Å². The molecular formula is C13H15FN2O5. The van der Waals surface area contributed by atoms with Crippen LogP contribution >= 0.6 is 0 Å². The average molecular weight is 298 g/mol. The molecule has 0 aliphatic heterocycles. The van der Waals surface area contributed by atoms with Crippen LogP contribution in [0.1, 0.15) is 37.0 Å². The Labute approximate surface area is 119 Å². The molecule has 1 amide bonds. The van der Waals surface area contributed by atoms with Crippen molar-refractivity contribution in [3.8, 4) is 0 Å². The number of carboxylic acids is 1.